The number of rotatable bonds is 8. The van der Waals surface area contributed by atoms with Gasteiger partial charge in [0.2, 0.25) is 5.91 Å². The van der Waals surface area contributed by atoms with Gasteiger partial charge in [-0.3, -0.25) is 9.36 Å². The molecule has 0 bridgehead atoms. The van der Waals surface area contributed by atoms with Gasteiger partial charge in [0.1, 0.15) is 25.3 Å². The summed E-state index contributed by atoms with van der Waals surface area (Å²) in [4.78, 5) is 12.8. The Balaban J connectivity index is 1.24. The number of thioether (sulfide) groups is 1. The fourth-order valence-electron chi connectivity index (χ4n) is 3.74. The highest BCUT2D eigenvalue weighted by molar-refractivity contribution is 7.99. The smallest absolute Gasteiger partial charge is 0.230 e. The molecule has 9 heteroatoms. The molecule has 1 atom stereocenters. The van der Waals surface area contributed by atoms with E-state index in [-0.39, 0.29) is 17.7 Å². The number of methoxy groups -OCH3 is 1. The van der Waals surface area contributed by atoms with Gasteiger partial charge in [-0.05, 0) is 60.7 Å². The second-order valence-corrected chi connectivity index (χ2v) is 8.70. The van der Waals surface area contributed by atoms with Gasteiger partial charge in [0, 0.05) is 5.69 Å². The maximum absolute atomic E-state index is 12.8. The van der Waals surface area contributed by atoms with E-state index in [4.69, 9.17) is 14.2 Å². The normalized spacial score (nSPS) is 15.8. The molecule has 2 heterocycles. The molecule has 1 fully saturated rings. The summed E-state index contributed by atoms with van der Waals surface area (Å²) in [7, 11) is 1.63. The molecule has 3 aromatic rings. The molecule has 1 unspecified atom stereocenters. The molecule has 32 heavy (non-hydrogen) atoms. The lowest BCUT2D eigenvalue weighted by Crippen LogP contribution is -2.31. The molecule has 0 saturated heterocycles. The fourth-order valence-corrected chi connectivity index (χ4v) is 4.48. The maximum atomic E-state index is 12.8. The molecule has 1 amide bonds. The van der Waals surface area contributed by atoms with E-state index in [9.17, 15) is 4.79 Å². The van der Waals surface area contributed by atoms with Gasteiger partial charge in [0.15, 0.2) is 16.7 Å². The molecule has 1 saturated carbocycles. The topological polar surface area (TPSA) is 87.5 Å². The van der Waals surface area contributed by atoms with E-state index in [1.807, 2.05) is 47.0 Å². The predicted octanol–water partition coefficient (Wildman–Crippen LogP) is 3.41. The van der Waals surface area contributed by atoms with E-state index in [1.165, 1.54) is 11.8 Å². The Hall–Kier alpha value is -3.20. The van der Waals surface area contributed by atoms with Gasteiger partial charge in [-0.1, -0.05) is 17.8 Å². The highest BCUT2D eigenvalue weighted by atomic mass is 32.2. The van der Waals surface area contributed by atoms with Crippen molar-refractivity contribution >= 4 is 17.7 Å². The van der Waals surface area contributed by atoms with Crippen molar-refractivity contribution in [1.82, 2.24) is 20.1 Å². The van der Waals surface area contributed by atoms with Crippen LogP contribution in [-0.2, 0) is 4.79 Å². The summed E-state index contributed by atoms with van der Waals surface area (Å²) in [5.41, 5.74) is 1.96. The van der Waals surface area contributed by atoms with Crippen LogP contribution in [-0.4, -0.2) is 46.7 Å². The second kappa shape index (κ2) is 9.12. The fraction of sp³-hybridized carbons (Fsp3) is 0.348. The van der Waals surface area contributed by atoms with Gasteiger partial charge in [0.25, 0.3) is 0 Å². The predicted molar refractivity (Wildman–Crippen MR) is 120 cm³/mol. The van der Waals surface area contributed by atoms with Crippen LogP contribution in [0.5, 0.6) is 17.2 Å². The third-order valence-electron chi connectivity index (χ3n) is 5.53. The Labute approximate surface area is 190 Å². The van der Waals surface area contributed by atoms with Crippen LogP contribution in [0.4, 0.5) is 0 Å². The molecule has 0 spiro atoms. The van der Waals surface area contributed by atoms with E-state index < -0.39 is 0 Å². The van der Waals surface area contributed by atoms with Crippen molar-refractivity contribution < 1.29 is 19.0 Å². The van der Waals surface area contributed by atoms with Crippen molar-refractivity contribution in [2.45, 2.75) is 24.0 Å². The zero-order valence-corrected chi connectivity index (χ0v) is 18.5. The third-order valence-corrected chi connectivity index (χ3v) is 6.48. The number of hydrogen-bond donors (Lipinski definition) is 1. The van der Waals surface area contributed by atoms with Crippen molar-refractivity contribution in [3.05, 3.63) is 54.4 Å². The molecular formula is C23H24N4O4S. The number of benzene rings is 2. The first kappa shape index (κ1) is 20.7. The van der Waals surface area contributed by atoms with E-state index in [2.05, 4.69) is 15.5 Å². The summed E-state index contributed by atoms with van der Waals surface area (Å²) in [6.45, 7) is 1.11. The maximum Gasteiger partial charge on any atom is 0.230 e. The van der Waals surface area contributed by atoms with Crippen molar-refractivity contribution in [1.29, 1.82) is 0 Å². The minimum absolute atomic E-state index is 0.0293. The van der Waals surface area contributed by atoms with E-state index >= 15 is 0 Å². The Morgan fingerprint density at radius 3 is 2.72 bits per heavy atom. The average molecular weight is 453 g/mol. The monoisotopic (exact) mass is 452 g/mol. The van der Waals surface area contributed by atoms with Crippen LogP contribution in [0.25, 0.3) is 5.69 Å². The first-order valence-corrected chi connectivity index (χ1v) is 11.6. The summed E-state index contributed by atoms with van der Waals surface area (Å²) in [5, 5.41) is 12.1. The highest BCUT2D eigenvalue weighted by Crippen LogP contribution is 2.43. The number of carbonyl (C=O) groups excluding carboxylic acids is 1. The van der Waals surface area contributed by atoms with E-state index in [1.54, 1.807) is 13.4 Å². The first-order valence-electron chi connectivity index (χ1n) is 10.6. The molecule has 1 aliphatic heterocycles. The molecule has 0 radical (unpaired) electrons. The third kappa shape index (κ3) is 4.52. The van der Waals surface area contributed by atoms with Crippen LogP contribution in [0.15, 0.2) is 53.9 Å². The summed E-state index contributed by atoms with van der Waals surface area (Å²) >= 11 is 1.36. The Kier molecular flexibility index (Phi) is 5.89. The zero-order chi connectivity index (χ0) is 21.9. The molecule has 1 aromatic heterocycles. The van der Waals surface area contributed by atoms with Crippen molar-refractivity contribution in [3.63, 3.8) is 0 Å². The van der Waals surface area contributed by atoms with Gasteiger partial charge >= 0.3 is 0 Å². The SMILES string of the molecule is COc1ccc(-n2cnnc2SCC(=O)NC(c2ccc3c(c2)OCCO3)C2CC2)cc1. The van der Waals surface area contributed by atoms with Crippen molar-refractivity contribution in [3.8, 4) is 22.9 Å². The van der Waals surface area contributed by atoms with Crippen LogP contribution >= 0.6 is 11.8 Å². The lowest BCUT2D eigenvalue weighted by Gasteiger charge is -2.23. The summed E-state index contributed by atoms with van der Waals surface area (Å²) < 4.78 is 18.4. The van der Waals surface area contributed by atoms with Gasteiger partial charge in [-0.2, -0.15) is 0 Å². The van der Waals surface area contributed by atoms with Crippen LogP contribution in [0.2, 0.25) is 0 Å². The lowest BCUT2D eigenvalue weighted by atomic mass is 10.0. The number of hydrogen-bond acceptors (Lipinski definition) is 7. The van der Waals surface area contributed by atoms with Gasteiger partial charge < -0.3 is 19.5 Å². The minimum atomic E-state index is -0.0360. The van der Waals surface area contributed by atoms with Gasteiger partial charge in [-0.25, -0.2) is 0 Å². The summed E-state index contributed by atoms with van der Waals surface area (Å²) in [6, 6.07) is 13.5. The minimum Gasteiger partial charge on any atom is -0.497 e. The Morgan fingerprint density at radius 1 is 1.19 bits per heavy atom. The molecule has 2 aromatic carbocycles. The van der Waals surface area contributed by atoms with Gasteiger partial charge in [0.05, 0.1) is 18.9 Å². The number of fused-ring (bicyclic) bond motifs is 1. The number of nitrogens with zero attached hydrogens (tertiary/aromatic N) is 3. The zero-order valence-electron chi connectivity index (χ0n) is 17.7. The van der Waals surface area contributed by atoms with Gasteiger partial charge in [-0.15, -0.1) is 10.2 Å². The quantitative estimate of drug-likeness (QED) is 0.524. The molecule has 1 N–H and O–H groups in total. The van der Waals surface area contributed by atoms with Crippen LogP contribution in [0, 0.1) is 5.92 Å². The largest absolute Gasteiger partial charge is 0.497 e. The highest BCUT2D eigenvalue weighted by Gasteiger charge is 2.34. The molecular weight excluding hydrogens is 428 g/mol. The average Bonchev–Trinajstić information content (AvgIpc) is 3.57. The van der Waals surface area contributed by atoms with Crippen LogP contribution in [0.1, 0.15) is 24.4 Å². The number of ether oxygens (including phenoxy) is 3. The van der Waals surface area contributed by atoms with E-state index in [0.717, 1.165) is 41.3 Å². The Morgan fingerprint density at radius 2 is 1.97 bits per heavy atom. The lowest BCUT2D eigenvalue weighted by molar-refractivity contribution is -0.119. The number of aromatic nitrogens is 3. The molecule has 1 aliphatic carbocycles. The van der Waals surface area contributed by atoms with Crippen LogP contribution in [0.3, 0.4) is 0 Å². The number of amides is 1. The summed E-state index contributed by atoms with van der Waals surface area (Å²) in [6.07, 6.45) is 3.86. The van der Waals surface area contributed by atoms with Crippen molar-refractivity contribution in [2.24, 2.45) is 5.92 Å². The first-order chi connectivity index (χ1) is 15.7. The van der Waals surface area contributed by atoms with Crippen molar-refractivity contribution in [2.75, 3.05) is 26.1 Å². The summed E-state index contributed by atoms with van der Waals surface area (Å²) in [5.74, 6) is 2.95. The number of carbonyl (C=O) groups is 1. The molecule has 166 valence electrons. The number of nitrogens with one attached hydrogen (secondary N) is 1. The molecule has 5 rings (SSSR count). The standard InChI is InChI=1S/C23H24N4O4S/c1-29-18-7-5-17(6-8-18)27-14-24-26-23(27)32-13-21(28)25-22(15-2-3-15)16-4-9-19-20(12-16)31-11-10-30-19/h4-9,12,14-15,22H,2-3,10-11,13H2,1H3,(H,25,28). The molecule has 8 nitrogen and oxygen atoms in total. The molecule has 2 aliphatic rings. The Bertz CT molecular complexity index is 1100. The van der Waals surface area contributed by atoms with Crippen LogP contribution < -0.4 is 19.5 Å². The second-order valence-electron chi connectivity index (χ2n) is 7.76. The van der Waals surface area contributed by atoms with E-state index in [0.29, 0.717) is 24.3 Å².